The van der Waals surface area contributed by atoms with Gasteiger partial charge < -0.3 is 5.32 Å². The minimum absolute atomic E-state index is 0.194. The number of anilines is 1. The molecule has 8 heteroatoms. The first-order valence-electron chi connectivity index (χ1n) is 4.07. The highest BCUT2D eigenvalue weighted by Crippen LogP contribution is 2.16. The Kier molecular flexibility index (Phi) is 3.33. The highest BCUT2D eigenvalue weighted by molar-refractivity contribution is 7.17. The molecule has 0 fully saturated rings. The van der Waals surface area contributed by atoms with Crippen molar-refractivity contribution < 1.29 is 4.79 Å². The summed E-state index contributed by atoms with van der Waals surface area (Å²) in [5.41, 5.74) is 0.528. The van der Waals surface area contributed by atoms with Crippen molar-refractivity contribution in [3.8, 4) is 0 Å². The van der Waals surface area contributed by atoms with Gasteiger partial charge in [0.2, 0.25) is 9.47 Å². The molecule has 2 rings (SSSR count). The van der Waals surface area contributed by atoms with Crippen molar-refractivity contribution in [2.24, 2.45) is 0 Å². The number of hydrogen-bond donors (Lipinski definition) is 1. The Balaban J connectivity index is 2.10. The Hall–Kier alpha value is -1.24. The fraction of sp³-hybridized carbons (Fsp3) is 0. The van der Waals surface area contributed by atoms with Crippen LogP contribution in [0.3, 0.4) is 0 Å². The summed E-state index contributed by atoms with van der Waals surface area (Å²) >= 11 is 12.2. The molecule has 2 heterocycles. The molecular weight excluding hydrogens is 271 g/mol. The third-order valence-electron chi connectivity index (χ3n) is 1.58. The monoisotopic (exact) mass is 274 g/mol. The highest BCUT2D eigenvalue weighted by atomic mass is 35.5. The van der Waals surface area contributed by atoms with Gasteiger partial charge >= 0.3 is 0 Å². The van der Waals surface area contributed by atoms with Gasteiger partial charge in [-0.25, -0.2) is 4.98 Å². The molecule has 0 saturated heterocycles. The molecule has 0 aliphatic rings. The maximum atomic E-state index is 11.6. The van der Waals surface area contributed by atoms with Gasteiger partial charge in [-0.1, -0.05) is 22.9 Å². The number of carbonyl (C=O) groups is 1. The van der Waals surface area contributed by atoms with E-state index in [1.54, 1.807) is 12.1 Å². The Labute approximate surface area is 104 Å². The summed E-state index contributed by atoms with van der Waals surface area (Å²) in [5.74, 6) is -0.381. The van der Waals surface area contributed by atoms with Gasteiger partial charge in [-0.15, -0.1) is 10.2 Å². The topological polar surface area (TPSA) is 67.8 Å². The van der Waals surface area contributed by atoms with Gasteiger partial charge in [-0.3, -0.25) is 4.79 Å². The fourth-order valence-electron chi connectivity index (χ4n) is 0.931. The van der Waals surface area contributed by atoms with Gasteiger partial charge in [0.25, 0.3) is 5.91 Å². The van der Waals surface area contributed by atoms with E-state index in [0.717, 1.165) is 11.3 Å². The molecule has 0 aliphatic heterocycles. The lowest BCUT2D eigenvalue weighted by Gasteiger charge is -2.00. The highest BCUT2D eigenvalue weighted by Gasteiger charge is 2.11. The van der Waals surface area contributed by atoms with Crippen LogP contribution >= 0.6 is 34.5 Å². The van der Waals surface area contributed by atoms with Crippen LogP contribution in [-0.4, -0.2) is 21.1 Å². The molecule has 0 bridgehead atoms. The van der Waals surface area contributed by atoms with E-state index in [0.29, 0.717) is 10.8 Å². The summed E-state index contributed by atoms with van der Waals surface area (Å²) in [4.78, 5) is 15.4. The zero-order valence-corrected chi connectivity index (χ0v) is 9.97. The van der Waals surface area contributed by atoms with E-state index in [2.05, 4.69) is 20.5 Å². The molecule has 2 aromatic heterocycles. The van der Waals surface area contributed by atoms with Crippen LogP contribution in [0.1, 0.15) is 9.80 Å². The van der Waals surface area contributed by atoms with E-state index >= 15 is 0 Å². The second-order valence-corrected chi connectivity index (χ2v) is 4.63. The summed E-state index contributed by atoms with van der Waals surface area (Å²) in [6, 6.07) is 3.21. The maximum Gasteiger partial charge on any atom is 0.286 e. The molecule has 1 N–H and O–H groups in total. The van der Waals surface area contributed by atoms with Crippen LogP contribution in [0.25, 0.3) is 0 Å². The van der Waals surface area contributed by atoms with Crippen molar-refractivity contribution in [2.45, 2.75) is 0 Å². The Morgan fingerprint density at radius 3 is 2.69 bits per heavy atom. The zero-order valence-electron chi connectivity index (χ0n) is 7.65. The standard InChI is InChI=1S/C8H4Cl2N4OS/c9-5-2-1-4(3-11-5)12-6(15)7-13-14-8(10)16-7/h1-3H,(H,12,15). The predicted octanol–water partition coefficient (Wildman–Crippen LogP) is 2.49. The third-order valence-corrected chi connectivity index (χ3v) is 2.82. The van der Waals surface area contributed by atoms with Gasteiger partial charge in [0.1, 0.15) is 5.15 Å². The summed E-state index contributed by atoms with van der Waals surface area (Å²) in [6.45, 7) is 0. The average Bonchev–Trinajstić information content (AvgIpc) is 2.68. The molecule has 5 nitrogen and oxygen atoms in total. The fourth-order valence-corrected chi connectivity index (χ4v) is 1.77. The van der Waals surface area contributed by atoms with Crippen LogP contribution in [0.2, 0.25) is 9.62 Å². The third kappa shape index (κ3) is 2.66. The van der Waals surface area contributed by atoms with Crippen LogP contribution in [0.4, 0.5) is 5.69 Å². The van der Waals surface area contributed by atoms with Crippen molar-refractivity contribution in [2.75, 3.05) is 5.32 Å². The van der Waals surface area contributed by atoms with E-state index in [1.807, 2.05) is 0 Å². The summed E-state index contributed by atoms with van der Waals surface area (Å²) in [6.07, 6.45) is 1.45. The van der Waals surface area contributed by atoms with Crippen LogP contribution in [-0.2, 0) is 0 Å². The average molecular weight is 275 g/mol. The summed E-state index contributed by atoms with van der Waals surface area (Å²) in [7, 11) is 0. The SMILES string of the molecule is O=C(Nc1ccc(Cl)nc1)c1nnc(Cl)s1. The van der Waals surface area contributed by atoms with E-state index in [4.69, 9.17) is 23.2 Å². The van der Waals surface area contributed by atoms with Crippen LogP contribution in [0.5, 0.6) is 0 Å². The van der Waals surface area contributed by atoms with Gasteiger partial charge in [-0.05, 0) is 23.7 Å². The van der Waals surface area contributed by atoms with Gasteiger partial charge in [-0.2, -0.15) is 0 Å². The number of amides is 1. The lowest BCUT2D eigenvalue weighted by Crippen LogP contribution is -2.11. The lowest BCUT2D eigenvalue weighted by atomic mass is 10.4. The van der Waals surface area contributed by atoms with E-state index < -0.39 is 0 Å². The molecular formula is C8H4Cl2N4OS. The number of nitrogens with one attached hydrogen (secondary N) is 1. The van der Waals surface area contributed by atoms with Crippen molar-refractivity contribution in [1.29, 1.82) is 0 Å². The van der Waals surface area contributed by atoms with Crippen molar-refractivity contribution in [1.82, 2.24) is 15.2 Å². The first kappa shape index (κ1) is 11.3. The van der Waals surface area contributed by atoms with E-state index in [-0.39, 0.29) is 15.4 Å². The number of hydrogen-bond acceptors (Lipinski definition) is 5. The quantitative estimate of drug-likeness (QED) is 0.855. The molecule has 0 spiro atoms. The molecule has 0 unspecified atom stereocenters. The molecule has 2 aromatic rings. The molecule has 0 saturated carbocycles. The Morgan fingerprint density at radius 2 is 2.12 bits per heavy atom. The number of nitrogens with zero attached hydrogens (tertiary/aromatic N) is 3. The van der Waals surface area contributed by atoms with Gasteiger partial charge in [0.05, 0.1) is 11.9 Å². The van der Waals surface area contributed by atoms with Crippen LogP contribution < -0.4 is 5.32 Å². The van der Waals surface area contributed by atoms with Crippen molar-refractivity contribution in [3.05, 3.63) is 33.0 Å². The molecule has 1 amide bonds. The Bertz CT molecular complexity index is 513. The molecule has 16 heavy (non-hydrogen) atoms. The molecule has 0 radical (unpaired) electrons. The normalized spacial score (nSPS) is 10.1. The largest absolute Gasteiger partial charge is 0.318 e. The van der Waals surface area contributed by atoms with Crippen molar-refractivity contribution >= 4 is 46.1 Å². The van der Waals surface area contributed by atoms with E-state index in [9.17, 15) is 4.79 Å². The minimum atomic E-state index is -0.381. The summed E-state index contributed by atoms with van der Waals surface area (Å²) in [5, 5.41) is 10.3. The number of aromatic nitrogens is 3. The number of halogens is 2. The number of carbonyl (C=O) groups excluding carboxylic acids is 1. The molecule has 82 valence electrons. The van der Waals surface area contributed by atoms with Gasteiger partial charge in [0, 0.05) is 0 Å². The maximum absolute atomic E-state index is 11.6. The van der Waals surface area contributed by atoms with Gasteiger partial charge in [0.15, 0.2) is 0 Å². The molecule has 0 atom stereocenters. The van der Waals surface area contributed by atoms with Crippen molar-refractivity contribution in [3.63, 3.8) is 0 Å². The van der Waals surface area contributed by atoms with E-state index in [1.165, 1.54) is 6.20 Å². The number of pyridine rings is 1. The first-order chi connectivity index (χ1) is 7.65. The second-order valence-electron chi connectivity index (χ2n) is 2.68. The summed E-state index contributed by atoms with van der Waals surface area (Å²) < 4.78 is 0.222. The molecule has 0 aliphatic carbocycles. The van der Waals surface area contributed by atoms with Crippen LogP contribution in [0.15, 0.2) is 18.3 Å². The molecule has 0 aromatic carbocycles. The number of rotatable bonds is 2. The Morgan fingerprint density at radius 1 is 1.31 bits per heavy atom. The first-order valence-corrected chi connectivity index (χ1v) is 5.64. The smallest absolute Gasteiger partial charge is 0.286 e. The second kappa shape index (κ2) is 4.73. The predicted molar refractivity (Wildman–Crippen MR) is 62.1 cm³/mol. The lowest BCUT2D eigenvalue weighted by molar-refractivity contribution is 0.102. The minimum Gasteiger partial charge on any atom is -0.318 e. The zero-order chi connectivity index (χ0) is 11.5. The van der Waals surface area contributed by atoms with Crippen LogP contribution in [0, 0.1) is 0 Å².